The molecule has 0 aliphatic carbocycles. The predicted molar refractivity (Wildman–Crippen MR) is 79.3 cm³/mol. The van der Waals surface area contributed by atoms with E-state index in [9.17, 15) is 9.59 Å². The van der Waals surface area contributed by atoms with Crippen LogP contribution in [0.3, 0.4) is 0 Å². The average molecular weight is 311 g/mol. The molecule has 6 heteroatoms. The van der Waals surface area contributed by atoms with Gasteiger partial charge in [-0.15, -0.1) is 0 Å². The van der Waals surface area contributed by atoms with E-state index in [-0.39, 0.29) is 11.9 Å². The zero-order chi connectivity index (χ0) is 15.4. The van der Waals surface area contributed by atoms with Crippen LogP contribution in [0, 0.1) is 6.92 Å². The number of hydrogen-bond donors (Lipinski definition) is 0. The van der Waals surface area contributed by atoms with Crippen molar-refractivity contribution in [2.24, 2.45) is 0 Å². The summed E-state index contributed by atoms with van der Waals surface area (Å²) in [6, 6.07) is 1.13. The molecule has 2 rings (SSSR count). The number of hydrogen-bond acceptors (Lipinski definition) is 4. The summed E-state index contributed by atoms with van der Waals surface area (Å²) in [6.45, 7) is 4.41. The molecule has 5 nitrogen and oxygen atoms in total. The molecule has 0 aromatic carbocycles. The van der Waals surface area contributed by atoms with E-state index in [1.54, 1.807) is 17.9 Å². The third kappa shape index (κ3) is 3.53. The SMILES string of the molecule is CCOC(=O)C1CCCCN1C(=O)c1cnc(C)cc1Cl. The van der Waals surface area contributed by atoms with E-state index in [0.717, 1.165) is 18.5 Å². The highest BCUT2D eigenvalue weighted by Gasteiger charge is 2.34. The number of ether oxygens (including phenoxy) is 1. The molecule has 1 saturated heterocycles. The normalized spacial score (nSPS) is 18.4. The van der Waals surface area contributed by atoms with Crippen LogP contribution < -0.4 is 0 Å². The van der Waals surface area contributed by atoms with Gasteiger partial charge in [-0.05, 0) is 39.2 Å². The molecule has 1 fully saturated rings. The van der Waals surface area contributed by atoms with Gasteiger partial charge in [0.05, 0.1) is 17.2 Å². The van der Waals surface area contributed by atoms with Crippen molar-refractivity contribution in [3.8, 4) is 0 Å². The van der Waals surface area contributed by atoms with Gasteiger partial charge < -0.3 is 9.64 Å². The Bertz CT molecular complexity index is 548. The van der Waals surface area contributed by atoms with Gasteiger partial charge in [-0.25, -0.2) is 4.79 Å². The van der Waals surface area contributed by atoms with Crippen LogP contribution in [0.2, 0.25) is 5.02 Å². The number of rotatable bonds is 3. The van der Waals surface area contributed by atoms with Crippen LogP contribution in [0.5, 0.6) is 0 Å². The van der Waals surface area contributed by atoms with E-state index in [2.05, 4.69) is 4.98 Å². The highest BCUT2D eigenvalue weighted by molar-refractivity contribution is 6.33. The van der Waals surface area contributed by atoms with E-state index < -0.39 is 6.04 Å². The first-order valence-corrected chi connectivity index (χ1v) is 7.52. The van der Waals surface area contributed by atoms with Crippen LogP contribution in [0.4, 0.5) is 0 Å². The van der Waals surface area contributed by atoms with Crippen molar-refractivity contribution in [2.45, 2.75) is 39.2 Å². The van der Waals surface area contributed by atoms with E-state index in [1.165, 1.54) is 6.20 Å². The molecule has 0 bridgehead atoms. The lowest BCUT2D eigenvalue weighted by Crippen LogP contribution is -2.48. The summed E-state index contributed by atoms with van der Waals surface area (Å²) in [5.74, 6) is -0.605. The Morgan fingerprint density at radius 3 is 2.90 bits per heavy atom. The van der Waals surface area contributed by atoms with Crippen molar-refractivity contribution in [3.63, 3.8) is 0 Å². The minimum absolute atomic E-state index is 0.259. The second-order valence-electron chi connectivity index (χ2n) is 5.07. The molecule has 1 aliphatic heterocycles. The maximum absolute atomic E-state index is 12.6. The standard InChI is InChI=1S/C15H19ClN2O3/c1-3-21-15(20)13-6-4-5-7-18(13)14(19)11-9-17-10(2)8-12(11)16/h8-9,13H,3-7H2,1-2H3. The Hall–Kier alpha value is -1.62. The Kier molecular flexibility index (Phi) is 5.17. The Morgan fingerprint density at radius 1 is 1.48 bits per heavy atom. The molecule has 2 heterocycles. The summed E-state index contributed by atoms with van der Waals surface area (Å²) in [5.41, 5.74) is 1.08. The van der Waals surface area contributed by atoms with Crippen LogP contribution in [-0.2, 0) is 9.53 Å². The molecule has 0 saturated carbocycles. The fourth-order valence-corrected chi connectivity index (χ4v) is 2.78. The van der Waals surface area contributed by atoms with Crippen molar-refractivity contribution in [3.05, 3.63) is 28.5 Å². The first-order chi connectivity index (χ1) is 10.0. The number of carbonyl (C=O) groups excluding carboxylic acids is 2. The number of likely N-dealkylation sites (tertiary alicyclic amines) is 1. The maximum atomic E-state index is 12.6. The number of carbonyl (C=O) groups is 2. The predicted octanol–water partition coefficient (Wildman–Crippen LogP) is 2.60. The van der Waals surface area contributed by atoms with Gasteiger partial charge in [0.2, 0.25) is 0 Å². The van der Waals surface area contributed by atoms with Gasteiger partial charge in [-0.2, -0.15) is 0 Å². The van der Waals surface area contributed by atoms with E-state index in [0.29, 0.717) is 30.2 Å². The fourth-order valence-electron chi connectivity index (χ4n) is 2.50. The molecule has 21 heavy (non-hydrogen) atoms. The topological polar surface area (TPSA) is 59.5 Å². The lowest BCUT2D eigenvalue weighted by atomic mass is 10.0. The summed E-state index contributed by atoms with van der Waals surface area (Å²) in [4.78, 5) is 30.3. The summed E-state index contributed by atoms with van der Waals surface area (Å²) < 4.78 is 5.07. The van der Waals surface area contributed by atoms with E-state index >= 15 is 0 Å². The van der Waals surface area contributed by atoms with Gasteiger partial charge in [0.25, 0.3) is 5.91 Å². The molecule has 1 unspecified atom stereocenters. The number of nitrogens with zero attached hydrogens (tertiary/aromatic N) is 2. The van der Waals surface area contributed by atoms with Gasteiger partial charge in [0.1, 0.15) is 6.04 Å². The second-order valence-corrected chi connectivity index (χ2v) is 5.47. The highest BCUT2D eigenvalue weighted by atomic mass is 35.5. The van der Waals surface area contributed by atoms with Crippen molar-refractivity contribution < 1.29 is 14.3 Å². The molecular formula is C15H19ClN2O3. The molecule has 1 atom stereocenters. The second kappa shape index (κ2) is 6.89. The molecule has 0 radical (unpaired) electrons. The number of piperidine rings is 1. The van der Waals surface area contributed by atoms with Gasteiger partial charge in [-0.1, -0.05) is 11.6 Å². The molecule has 1 aliphatic rings. The maximum Gasteiger partial charge on any atom is 0.328 e. The Balaban J connectivity index is 2.24. The number of esters is 1. The van der Waals surface area contributed by atoms with Gasteiger partial charge in [0.15, 0.2) is 0 Å². The summed E-state index contributed by atoms with van der Waals surface area (Å²) >= 11 is 6.13. The third-order valence-corrected chi connectivity index (χ3v) is 3.86. The summed E-state index contributed by atoms with van der Waals surface area (Å²) in [6.07, 6.45) is 3.88. The van der Waals surface area contributed by atoms with Crippen LogP contribution in [-0.4, -0.2) is 41.0 Å². The average Bonchev–Trinajstić information content (AvgIpc) is 2.47. The highest BCUT2D eigenvalue weighted by Crippen LogP contribution is 2.24. The quantitative estimate of drug-likeness (QED) is 0.805. The number of halogens is 1. The monoisotopic (exact) mass is 310 g/mol. The summed E-state index contributed by atoms with van der Waals surface area (Å²) in [5, 5.41) is 0.362. The third-order valence-electron chi connectivity index (χ3n) is 3.54. The Morgan fingerprint density at radius 2 is 2.24 bits per heavy atom. The molecular weight excluding hydrogens is 292 g/mol. The van der Waals surface area contributed by atoms with E-state index in [1.807, 2.05) is 6.92 Å². The van der Waals surface area contributed by atoms with Crippen LogP contribution in [0.1, 0.15) is 42.2 Å². The molecule has 0 N–H and O–H groups in total. The zero-order valence-corrected chi connectivity index (χ0v) is 13.0. The molecule has 0 spiro atoms. The first kappa shape index (κ1) is 15.8. The molecule has 1 aromatic rings. The fraction of sp³-hybridized carbons (Fsp3) is 0.533. The lowest BCUT2D eigenvalue weighted by Gasteiger charge is -2.34. The van der Waals surface area contributed by atoms with Gasteiger partial charge >= 0.3 is 5.97 Å². The van der Waals surface area contributed by atoms with E-state index in [4.69, 9.17) is 16.3 Å². The summed E-state index contributed by atoms with van der Waals surface area (Å²) in [7, 11) is 0. The van der Waals surface area contributed by atoms with Gasteiger partial charge in [-0.3, -0.25) is 9.78 Å². The number of aromatic nitrogens is 1. The van der Waals surface area contributed by atoms with Crippen molar-refractivity contribution in [2.75, 3.05) is 13.2 Å². The van der Waals surface area contributed by atoms with Crippen LogP contribution >= 0.6 is 11.6 Å². The van der Waals surface area contributed by atoms with Crippen LogP contribution in [0.15, 0.2) is 12.3 Å². The van der Waals surface area contributed by atoms with Crippen LogP contribution in [0.25, 0.3) is 0 Å². The first-order valence-electron chi connectivity index (χ1n) is 7.14. The molecule has 1 amide bonds. The molecule has 114 valence electrons. The van der Waals surface area contributed by atoms with Gasteiger partial charge in [0, 0.05) is 18.4 Å². The number of amides is 1. The number of aryl methyl sites for hydroxylation is 1. The Labute approximate surface area is 129 Å². The minimum atomic E-state index is -0.524. The smallest absolute Gasteiger partial charge is 0.328 e. The van der Waals surface area contributed by atoms with Crippen molar-refractivity contribution in [1.82, 2.24) is 9.88 Å². The zero-order valence-electron chi connectivity index (χ0n) is 12.3. The largest absolute Gasteiger partial charge is 0.464 e. The number of pyridine rings is 1. The lowest BCUT2D eigenvalue weighted by molar-refractivity contribution is -0.149. The van der Waals surface area contributed by atoms with Crippen molar-refractivity contribution >= 4 is 23.5 Å². The minimum Gasteiger partial charge on any atom is -0.464 e. The van der Waals surface area contributed by atoms with Crippen molar-refractivity contribution in [1.29, 1.82) is 0 Å². The molecule has 1 aromatic heterocycles.